The number of hydrogen-bond acceptors (Lipinski definition) is 2. The van der Waals surface area contributed by atoms with Crippen molar-refractivity contribution in [3.05, 3.63) is 29.6 Å². The van der Waals surface area contributed by atoms with Crippen molar-refractivity contribution in [1.82, 2.24) is 9.88 Å². The fourth-order valence-corrected chi connectivity index (χ4v) is 3.09. The van der Waals surface area contributed by atoms with Crippen LogP contribution in [0.2, 0.25) is 0 Å². The van der Waals surface area contributed by atoms with E-state index < -0.39 is 0 Å². The molecule has 3 rings (SSSR count). The van der Waals surface area contributed by atoms with E-state index in [-0.39, 0.29) is 0 Å². The van der Waals surface area contributed by atoms with Crippen LogP contribution in [-0.2, 0) is 6.42 Å². The minimum Gasteiger partial charge on any atom is -0.299 e. The van der Waals surface area contributed by atoms with Crippen molar-refractivity contribution >= 4 is 0 Å². The third kappa shape index (κ3) is 1.10. The average Bonchev–Trinajstić information content (AvgIpc) is 2.61. The zero-order valence-corrected chi connectivity index (χ0v) is 8.61. The molecule has 0 aromatic carbocycles. The molecule has 2 atom stereocenters. The fourth-order valence-electron chi connectivity index (χ4n) is 3.09. The molecular formula is C12H16N2. The van der Waals surface area contributed by atoms with Gasteiger partial charge in [-0.2, -0.15) is 0 Å². The van der Waals surface area contributed by atoms with Gasteiger partial charge in [-0.25, -0.2) is 0 Å². The Hall–Kier alpha value is -0.890. The van der Waals surface area contributed by atoms with Gasteiger partial charge in [-0.05, 0) is 56.0 Å². The fraction of sp³-hybridized carbons (Fsp3) is 0.583. The molecule has 14 heavy (non-hydrogen) atoms. The van der Waals surface area contributed by atoms with Crippen molar-refractivity contribution in [1.29, 1.82) is 0 Å². The van der Waals surface area contributed by atoms with Gasteiger partial charge in [0.15, 0.2) is 0 Å². The van der Waals surface area contributed by atoms with Crippen LogP contribution in [0.4, 0.5) is 0 Å². The molecule has 2 heterocycles. The molecule has 1 aromatic rings. The first kappa shape index (κ1) is 8.42. The van der Waals surface area contributed by atoms with E-state index in [9.17, 15) is 0 Å². The Morgan fingerprint density at radius 1 is 1.43 bits per heavy atom. The van der Waals surface area contributed by atoms with Crippen molar-refractivity contribution in [3.63, 3.8) is 0 Å². The predicted octanol–water partition coefficient (Wildman–Crippen LogP) is 2.02. The predicted molar refractivity (Wildman–Crippen MR) is 56.0 cm³/mol. The van der Waals surface area contributed by atoms with Crippen LogP contribution in [0.15, 0.2) is 18.5 Å². The van der Waals surface area contributed by atoms with Crippen LogP contribution in [0, 0.1) is 5.92 Å². The Bertz CT molecular complexity index is 348. The molecule has 0 bridgehead atoms. The highest BCUT2D eigenvalue weighted by molar-refractivity contribution is 5.30. The van der Waals surface area contributed by atoms with E-state index in [1.54, 1.807) is 0 Å². The van der Waals surface area contributed by atoms with Crippen LogP contribution in [-0.4, -0.2) is 23.5 Å². The van der Waals surface area contributed by atoms with Gasteiger partial charge < -0.3 is 0 Å². The smallest absolute Gasteiger partial charge is 0.0391 e. The average molecular weight is 188 g/mol. The Balaban J connectivity index is 2.07. The lowest BCUT2D eigenvalue weighted by atomic mass is 9.81. The van der Waals surface area contributed by atoms with Crippen molar-refractivity contribution in [2.24, 2.45) is 5.92 Å². The van der Waals surface area contributed by atoms with E-state index >= 15 is 0 Å². The molecule has 74 valence electrons. The third-order valence-electron chi connectivity index (χ3n) is 3.82. The van der Waals surface area contributed by atoms with Crippen LogP contribution >= 0.6 is 0 Å². The summed E-state index contributed by atoms with van der Waals surface area (Å²) in [5, 5.41) is 0. The second kappa shape index (κ2) is 3.06. The number of aryl methyl sites for hydroxylation is 1. The van der Waals surface area contributed by atoms with Gasteiger partial charge in [-0.3, -0.25) is 9.88 Å². The van der Waals surface area contributed by atoms with E-state index in [1.807, 2.05) is 6.20 Å². The molecule has 2 nitrogen and oxygen atoms in total. The van der Waals surface area contributed by atoms with Gasteiger partial charge in [0.2, 0.25) is 0 Å². The lowest BCUT2D eigenvalue weighted by Gasteiger charge is -2.31. The van der Waals surface area contributed by atoms with Crippen molar-refractivity contribution < 1.29 is 0 Å². The number of rotatable bonds is 0. The van der Waals surface area contributed by atoms with Gasteiger partial charge in [0.1, 0.15) is 0 Å². The maximum atomic E-state index is 4.27. The van der Waals surface area contributed by atoms with Crippen LogP contribution in [0.5, 0.6) is 0 Å². The van der Waals surface area contributed by atoms with Crippen molar-refractivity contribution in [3.8, 4) is 0 Å². The number of hydrogen-bond donors (Lipinski definition) is 0. The summed E-state index contributed by atoms with van der Waals surface area (Å²) in [7, 11) is 2.24. The Morgan fingerprint density at radius 2 is 2.36 bits per heavy atom. The summed E-state index contributed by atoms with van der Waals surface area (Å²) in [6.45, 7) is 1.25. The highest BCUT2D eigenvalue weighted by Gasteiger charge is 2.36. The molecule has 0 radical (unpaired) electrons. The summed E-state index contributed by atoms with van der Waals surface area (Å²) >= 11 is 0. The first-order valence-electron chi connectivity index (χ1n) is 5.49. The number of nitrogens with zero attached hydrogens (tertiary/aromatic N) is 2. The summed E-state index contributed by atoms with van der Waals surface area (Å²) in [4.78, 5) is 6.76. The molecule has 2 heteroatoms. The summed E-state index contributed by atoms with van der Waals surface area (Å²) < 4.78 is 0. The summed E-state index contributed by atoms with van der Waals surface area (Å²) in [5.41, 5.74) is 3.01. The quantitative estimate of drug-likeness (QED) is 0.619. The molecule has 1 aliphatic heterocycles. The van der Waals surface area contributed by atoms with Gasteiger partial charge in [0.25, 0.3) is 0 Å². The summed E-state index contributed by atoms with van der Waals surface area (Å²) in [6.07, 6.45) is 8.00. The zero-order chi connectivity index (χ0) is 9.54. The van der Waals surface area contributed by atoms with Crippen LogP contribution < -0.4 is 0 Å². The molecule has 1 fully saturated rings. The lowest BCUT2D eigenvalue weighted by Crippen LogP contribution is -2.25. The van der Waals surface area contributed by atoms with Crippen molar-refractivity contribution in [2.45, 2.75) is 25.3 Å². The minimum atomic E-state index is 0.660. The molecule has 0 spiro atoms. The Labute approximate surface area is 85.0 Å². The number of likely N-dealkylation sites (tertiary alicyclic amines) is 1. The van der Waals surface area contributed by atoms with Crippen molar-refractivity contribution in [2.75, 3.05) is 13.6 Å². The number of pyridine rings is 1. The molecule has 2 aliphatic rings. The van der Waals surface area contributed by atoms with E-state index in [0.717, 1.165) is 5.92 Å². The zero-order valence-electron chi connectivity index (χ0n) is 8.61. The van der Waals surface area contributed by atoms with E-state index in [4.69, 9.17) is 0 Å². The van der Waals surface area contributed by atoms with E-state index in [1.165, 1.54) is 36.9 Å². The maximum Gasteiger partial charge on any atom is 0.0391 e. The number of aromatic nitrogens is 1. The largest absolute Gasteiger partial charge is 0.299 e. The standard InChI is InChI=1S/C12H16N2/c1-14-7-5-10-3-2-9-4-6-13-8-11(9)12(10)14/h4,6,8,10,12H,2-3,5,7H2,1H3. The van der Waals surface area contributed by atoms with Gasteiger partial charge in [-0.15, -0.1) is 0 Å². The van der Waals surface area contributed by atoms with Gasteiger partial charge >= 0.3 is 0 Å². The molecule has 0 amide bonds. The first-order chi connectivity index (χ1) is 6.86. The Morgan fingerprint density at radius 3 is 3.29 bits per heavy atom. The molecule has 2 unspecified atom stereocenters. The van der Waals surface area contributed by atoms with Crippen LogP contribution in [0.3, 0.4) is 0 Å². The monoisotopic (exact) mass is 188 g/mol. The topological polar surface area (TPSA) is 16.1 Å². The van der Waals surface area contributed by atoms with Gasteiger partial charge in [-0.1, -0.05) is 0 Å². The summed E-state index contributed by atoms with van der Waals surface area (Å²) in [5.74, 6) is 0.886. The van der Waals surface area contributed by atoms with Gasteiger partial charge in [0, 0.05) is 18.4 Å². The number of fused-ring (bicyclic) bond motifs is 3. The molecule has 1 saturated heterocycles. The van der Waals surface area contributed by atoms with Crippen LogP contribution in [0.1, 0.15) is 30.0 Å². The second-order valence-corrected chi connectivity index (χ2v) is 4.59. The molecule has 1 aromatic heterocycles. The highest BCUT2D eigenvalue weighted by Crippen LogP contribution is 2.43. The summed E-state index contributed by atoms with van der Waals surface area (Å²) in [6, 6.07) is 2.85. The molecule has 0 N–H and O–H groups in total. The third-order valence-corrected chi connectivity index (χ3v) is 3.82. The first-order valence-corrected chi connectivity index (χ1v) is 5.49. The minimum absolute atomic E-state index is 0.660. The highest BCUT2D eigenvalue weighted by atomic mass is 15.2. The maximum absolute atomic E-state index is 4.27. The van der Waals surface area contributed by atoms with E-state index in [2.05, 4.69) is 29.2 Å². The van der Waals surface area contributed by atoms with E-state index in [0.29, 0.717) is 6.04 Å². The SMILES string of the molecule is CN1CCC2CCc3ccncc3C21. The lowest BCUT2D eigenvalue weighted by molar-refractivity contribution is 0.256. The van der Waals surface area contributed by atoms with Gasteiger partial charge in [0.05, 0.1) is 0 Å². The normalized spacial score (nSPS) is 31.2. The Kier molecular flexibility index (Phi) is 1.84. The second-order valence-electron chi connectivity index (χ2n) is 4.59. The molecular weight excluding hydrogens is 172 g/mol. The molecule has 1 aliphatic carbocycles. The molecule has 0 saturated carbocycles. The van der Waals surface area contributed by atoms with Crippen LogP contribution in [0.25, 0.3) is 0 Å².